The summed E-state index contributed by atoms with van der Waals surface area (Å²) in [6.45, 7) is -0.160. The van der Waals surface area contributed by atoms with Crippen LogP contribution in [0.15, 0.2) is 23.1 Å². The standard InChI is InChI=1S/C11H15ClN2O6S/c1-20-7-8(4-5-15)13-21(18,19)9-2-3-10(12)11(6-9)14(16)17/h2-3,6,8,13,15H,4-5,7H2,1H3. The van der Waals surface area contributed by atoms with Crippen molar-refractivity contribution >= 4 is 27.3 Å². The lowest BCUT2D eigenvalue weighted by molar-refractivity contribution is -0.384. The highest BCUT2D eigenvalue weighted by molar-refractivity contribution is 7.89. The molecule has 1 rings (SSSR count). The molecule has 1 atom stereocenters. The number of nitrogens with zero attached hydrogens (tertiary/aromatic N) is 1. The number of methoxy groups -OCH3 is 1. The number of aliphatic hydroxyl groups is 1. The van der Waals surface area contributed by atoms with Crippen LogP contribution in [0.1, 0.15) is 6.42 Å². The number of aliphatic hydroxyl groups excluding tert-OH is 1. The Bertz CT molecular complexity index is 601. The predicted octanol–water partition coefficient (Wildman–Crippen LogP) is 0.924. The Kier molecular flexibility index (Phi) is 6.49. The van der Waals surface area contributed by atoms with Crippen molar-refractivity contribution in [2.75, 3.05) is 20.3 Å². The Balaban J connectivity index is 3.07. The van der Waals surface area contributed by atoms with Crippen LogP contribution in [0.4, 0.5) is 5.69 Å². The molecule has 0 aliphatic carbocycles. The first-order chi connectivity index (χ1) is 9.81. The van der Waals surface area contributed by atoms with Gasteiger partial charge in [-0.1, -0.05) is 11.6 Å². The molecule has 1 aromatic carbocycles. The van der Waals surface area contributed by atoms with E-state index in [1.54, 1.807) is 0 Å². The number of nitro benzene ring substituents is 1. The van der Waals surface area contributed by atoms with Crippen molar-refractivity contribution in [2.45, 2.75) is 17.4 Å². The molecule has 0 saturated carbocycles. The average Bonchev–Trinajstić information content (AvgIpc) is 2.38. The number of rotatable bonds is 8. The van der Waals surface area contributed by atoms with Crippen molar-refractivity contribution in [2.24, 2.45) is 0 Å². The number of nitro groups is 1. The summed E-state index contributed by atoms with van der Waals surface area (Å²) in [5.41, 5.74) is -0.495. The van der Waals surface area contributed by atoms with Crippen molar-refractivity contribution < 1.29 is 23.2 Å². The van der Waals surface area contributed by atoms with E-state index in [9.17, 15) is 18.5 Å². The number of halogens is 1. The topological polar surface area (TPSA) is 119 Å². The molecule has 21 heavy (non-hydrogen) atoms. The molecule has 0 amide bonds. The van der Waals surface area contributed by atoms with E-state index in [2.05, 4.69) is 4.72 Å². The molecule has 2 N–H and O–H groups in total. The minimum atomic E-state index is -3.98. The highest BCUT2D eigenvalue weighted by Gasteiger charge is 2.23. The summed E-state index contributed by atoms with van der Waals surface area (Å²) < 4.78 is 31.5. The van der Waals surface area contributed by atoms with Crippen LogP contribution in [0.2, 0.25) is 5.02 Å². The Morgan fingerprint density at radius 2 is 2.19 bits per heavy atom. The normalized spacial score (nSPS) is 13.1. The van der Waals surface area contributed by atoms with Crippen molar-refractivity contribution in [3.05, 3.63) is 33.3 Å². The lowest BCUT2D eigenvalue weighted by Crippen LogP contribution is -2.38. The molecule has 0 spiro atoms. The van der Waals surface area contributed by atoms with Crippen molar-refractivity contribution in [1.82, 2.24) is 4.72 Å². The third-order valence-corrected chi connectivity index (χ3v) is 4.43. The van der Waals surface area contributed by atoms with E-state index in [0.29, 0.717) is 0 Å². The Morgan fingerprint density at radius 1 is 1.52 bits per heavy atom. The molecule has 118 valence electrons. The summed E-state index contributed by atoms with van der Waals surface area (Å²) in [4.78, 5) is 9.74. The summed E-state index contributed by atoms with van der Waals surface area (Å²) in [5, 5.41) is 19.5. The summed E-state index contributed by atoms with van der Waals surface area (Å²) in [7, 11) is -2.59. The molecular weight excluding hydrogens is 324 g/mol. The third-order valence-electron chi connectivity index (χ3n) is 2.59. The van der Waals surface area contributed by atoms with E-state index >= 15 is 0 Å². The number of hydrogen-bond donors (Lipinski definition) is 2. The van der Waals surface area contributed by atoms with E-state index in [0.717, 1.165) is 12.1 Å². The largest absolute Gasteiger partial charge is 0.396 e. The van der Waals surface area contributed by atoms with Gasteiger partial charge < -0.3 is 9.84 Å². The van der Waals surface area contributed by atoms with Gasteiger partial charge in [0, 0.05) is 25.8 Å². The van der Waals surface area contributed by atoms with Crippen molar-refractivity contribution in [3.8, 4) is 0 Å². The molecular formula is C11H15ClN2O6S. The molecule has 10 heteroatoms. The Labute approximate surface area is 126 Å². The number of nitrogens with one attached hydrogen (secondary N) is 1. The maximum absolute atomic E-state index is 12.2. The van der Waals surface area contributed by atoms with Gasteiger partial charge in [0.15, 0.2) is 0 Å². The average molecular weight is 339 g/mol. The zero-order chi connectivity index (χ0) is 16.0. The molecule has 1 aromatic rings. The SMILES string of the molecule is COCC(CCO)NS(=O)(=O)c1ccc(Cl)c([N+](=O)[O-])c1. The molecule has 0 aromatic heterocycles. The second kappa shape index (κ2) is 7.66. The fraction of sp³-hybridized carbons (Fsp3) is 0.455. The van der Waals surface area contributed by atoms with Gasteiger partial charge in [0.25, 0.3) is 5.69 Å². The molecule has 0 radical (unpaired) electrons. The van der Waals surface area contributed by atoms with Gasteiger partial charge in [0.1, 0.15) is 5.02 Å². The monoisotopic (exact) mass is 338 g/mol. The molecule has 0 heterocycles. The van der Waals surface area contributed by atoms with E-state index in [-0.39, 0.29) is 29.6 Å². The van der Waals surface area contributed by atoms with E-state index in [4.69, 9.17) is 21.4 Å². The first-order valence-corrected chi connectivity index (χ1v) is 7.74. The fourth-order valence-electron chi connectivity index (χ4n) is 1.62. The van der Waals surface area contributed by atoms with E-state index in [1.165, 1.54) is 13.2 Å². The van der Waals surface area contributed by atoms with Crippen molar-refractivity contribution in [1.29, 1.82) is 0 Å². The van der Waals surface area contributed by atoms with Gasteiger partial charge in [-0.05, 0) is 18.6 Å². The van der Waals surface area contributed by atoms with Crippen LogP contribution in [0.3, 0.4) is 0 Å². The quantitative estimate of drug-likeness (QED) is 0.537. The molecule has 1 unspecified atom stereocenters. The van der Waals surface area contributed by atoms with Crippen LogP contribution in [-0.4, -0.2) is 44.8 Å². The number of benzene rings is 1. The summed E-state index contributed by atoms with van der Waals surface area (Å²) in [6.07, 6.45) is 0.156. The Morgan fingerprint density at radius 3 is 2.71 bits per heavy atom. The molecule has 0 bridgehead atoms. The van der Waals surface area contributed by atoms with Crippen LogP contribution in [0.25, 0.3) is 0 Å². The Hall–Kier alpha value is -1.26. The molecule has 0 saturated heterocycles. The number of ether oxygens (including phenoxy) is 1. The maximum Gasteiger partial charge on any atom is 0.289 e. The van der Waals surface area contributed by atoms with Gasteiger partial charge in [-0.15, -0.1) is 0 Å². The second-order valence-corrected chi connectivity index (χ2v) is 6.28. The zero-order valence-corrected chi connectivity index (χ0v) is 12.7. The van der Waals surface area contributed by atoms with Gasteiger partial charge >= 0.3 is 0 Å². The maximum atomic E-state index is 12.2. The van der Waals surface area contributed by atoms with Crippen LogP contribution in [-0.2, 0) is 14.8 Å². The number of sulfonamides is 1. The summed E-state index contributed by atoms with van der Waals surface area (Å²) in [5.74, 6) is 0. The highest BCUT2D eigenvalue weighted by Crippen LogP contribution is 2.27. The highest BCUT2D eigenvalue weighted by atomic mass is 35.5. The van der Waals surface area contributed by atoms with E-state index < -0.39 is 26.7 Å². The summed E-state index contributed by atoms with van der Waals surface area (Å²) >= 11 is 5.64. The van der Waals surface area contributed by atoms with Crippen LogP contribution in [0.5, 0.6) is 0 Å². The van der Waals surface area contributed by atoms with Gasteiger partial charge in [-0.25, -0.2) is 13.1 Å². The summed E-state index contributed by atoms with van der Waals surface area (Å²) in [6, 6.07) is 2.55. The lowest BCUT2D eigenvalue weighted by atomic mass is 10.2. The zero-order valence-electron chi connectivity index (χ0n) is 11.2. The lowest BCUT2D eigenvalue weighted by Gasteiger charge is -2.16. The van der Waals surface area contributed by atoms with Gasteiger partial charge in [0.2, 0.25) is 10.0 Å². The number of hydrogen-bond acceptors (Lipinski definition) is 6. The first kappa shape index (κ1) is 17.8. The van der Waals surface area contributed by atoms with Gasteiger partial charge in [-0.3, -0.25) is 10.1 Å². The second-order valence-electron chi connectivity index (χ2n) is 4.16. The van der Waals surface area contributed by atoms with E-state index in [1.807, 2.05) is 0 Å². The fourth-order valence-corrected chi connectivity index (χ4v) is 3.08. The molecule has 0 aliphatic rings. The van der Waals surface area contributed by atoms with Crippen LogP contribution in [0, 0.1) is 10.1 Å². The molecule has 0 aliphatic heterocycles. The minimum Gasteiger partial charge on any atom is -0.396 e. The molecule has 8 nitrogen and oxygen atoms in total. The van der Waals surface area contributed by atoms with Crippen molar-refractivity contribution in [3.63, 3.8) is 0 Å². The van der Waals surface area contributed by atoms with Gasteiger partial charge in [0.05, 0.1) is 16.4 Å². The first-order valence-electron chi connectivity index (χ1n) is 5.88. The van der Waals surface area contributed by atoms with Crippen LogP contribution >= 0.6 is 11.6 Å². The van der Waals surface area contributed by atoms with Gasteiger partial charge in [-0.2, -0.15) is 0 Å². The van der Waals surface area contributed by atoms with Crippen LogP contribution < -0.4 is 4.72 Å². The predicted molar refractivity (Wildman–Crippen MR) is 75.8 cm³/mol. The molecule has 0 fully saturated rings. The smallest absolute Gasteiger partial charge is 0.289 e. The minimum absolute atomic E-state index is 0.0650. The third kappa shape index (κ3) is 4.90.